The number of carboxylic acids is 2. The molecule has 0 amide bonds. The summed E-state index contributed by atoms with van der Waals surface area (Å²) in [7, 11) is 0. The van der Waals surface area contributed by atoms with Gasteiger partial charge in [-0.3, -0.25) is 0 Å². The molecule has 2 rings (SSSR count). The van der Waals surface area contributed by atoms with Gasteiger partial charge < -0.3 is 20.4 Å². The second-order valence-electron chi connectivity index (χ2n) is 6.79. The van der Waals surface area contributed by atoms with E-state index in [0.717, 1.165) is 19.3 Å². The monoisotopic (exact) mass is 418 g/mol. The third-order valence-electron chi connectivity index (χ3n) is 4.20. The number of rotatable bonds is 9. The largest absolute Gasteiger partial charge is 0.478 e. The molecule has 0 radical (unpaired) electrons. The van der Waals surface area contributed by atoms with Crippen LogP contribution in [0, 0.1) is 0 Å². The average molecular weight is 419 g/mol. The van der Waals surface area contributed by atoms with Crippen molar-refractivity contribution >= 4 is 11.9 Å². The predicted octanol–water partition coefficient (Wildman–Crippen LogP) is 4.86. The first kappa shape index (κ1) is 27.3. The van der Waals surface area contributed by atoms with Crippen LogP contribution in [0.2, 0.25) is 0 Å². The number of unbranched alkanes of at least 4 members (excludes halogenated alkanes) is 2. The molecule has 0 fully saturated rings. The summed E-state index contributed by atoms with van der Waals surface area (Å²) in [6.45, 7) is 4.08. The Morgan fingerprint density at radius 3 is 1.47 bits per heavy atom. The number of carbonyl (C=O) groups is 2. The van der Waals surface area contributed by atoms with Gasteiger partial charge in [-0.1, -0.05) is 69.5 Å². The van der Waals surface area contributed by atoms with Gasteiger partial charge in [0.2, 0.25) is 0 Å². The zero-order valence-corrected chi connectivity index (χ0v) is 17.8. The van der Waals surface area contributed by atoms with Gasteiger partial charge in [-0.2, -0.15) is 0 Å². The molecule has 6 nitrogen and oxygen atoms in total. The van der Waals surface area contributed by atoms with E-state index in [4.69, 9.17) is 10.2 Å². The molecule has 6 heteroatoms. The predicted molar refractivity (Wildman–Crippen MR) is 118 cm³/mol. The molecule has 4 N–H and O–H groups in total. The van der Waals surface area contributed by atoms with E-state index in [0.29, 0.717) is 17.5 Å². The van der Waals surface area contributed by atoms with Gasteiger partial charge in [-0.25, -0.2) is 9.59 Å². The highest BCUT2D eigenvalue weighted by Gasteiger charge is 2.09. The van der Waals surface area contributed by atoms with Crippen molar-refractivity contribution in [3.8, 4) is 0 Å². The minimum atomic E-state index is -0.879. The summed E-state index contributed by atoms with van der Waals surface area (Å²) in [5.41, 5.74) is 0.662. The molecule has 0 aliphatic carbocycles. The molecule has 0 spiro atoms. The molecule has 0 saturated carbocycles. The first-order valence-electron chi connectivity index (χ1n) is 10.2. The SMILES string of the molecule is CCCCCC(O)CC(O)CC.O=C(O)c1ccccc1.O=C(O)c1ccccc1. The highest BCUT2D eigenvalue weighted by Crippen LogP contribution is 2.09. The molecule has 2 aromatic rings. The van der Waals surface area contributed by atoms with Gasteiger partial charge >= 0.3 is 11.9 Å². The fourth-order valence-electron chi connectivity index (χ4n) is 2.39. The van der Waals surface area contributed by atoms with E-state index in [2.05, 4.69) is 6.92 Å². The minimum absolute atomic E-state index is 0.300. The van der Waals surface area contributed by atoms with Crippen LogP contribution < -0.4 is 0 Å². The first-order valence-corrected chi connectivity index (χ1v) is 10.2. The van der Waals surface area contributed by atoms with Crippen molar-refractivity contribution in [3.05, 3.63) is 71.8 Å². The zero-order chi connectivity index (χ0) is 22.8. The number of aromatic carboxylic acids is 2. The summed E-state index contributed by atoms with van der Waals surface area (Å²) >= 11 is 0. The smallest absolute Gasteiger partial charge is 0.335 e. The second kappa shape index (κ2) is 17.2. The lowest BCUT2D eigenvalue weighted by atomic mass is 10.0. The Morgan fingerprint density at radius 2 is 1.17 bits per heavy atom. The Morgan fingerprint density at radius 1 is 0.733 bits per heavy atom. The van der Waals surface area contributed by atoms with Gasteiger partial charge in [0.15, 0.2) is 0 Å². The van der Waals surface area contributed by atoms with E-state index in [1.54, 1.807) is 60.7 Å². The molecule has 166 valence electrons. The van der Waals surface area contributed by atoms with Crippen LogP contribution in [0.15, 0.2) is 60.7 Å². The van der Waals surface area contributed by atoms with Gasteiger partial charge in [-0.05, 0) is 43.5 Å². The topological polar surface area (TPSA) is 115 Å². The zero-order valence-electron chi connectivity index (χ0n) is 17.8. The maximum Gasteiger partial charge on any atom is 0.335 e. The van der Waals surface area contributed by atoms with Crippen LogP contribution in [0.5, 0.6) is 0 Å². The highest BCUT2D eigenvalue weighted by atomic mass is 16.4. The van der Waals surface area contributed by atoms with Gasteiger partial charge in [0, 0.05) is 0 Å². The quantitative estimate of drug-likeness (QED) is 0.432. The van der Waals surface area contributed by atoms with Crippen molar-refractivity contribution in [2.75, 3.05) is 0 Å². The lowest BCUT2D eigenvalue weighted by molar-refractivity contribution is 0.0686. The number of benzene rings is 2. The minimum Gasteiger partial charge on any atom is -0.478 e. The molecule has 30 heavy (non-hydrogen) atoms. The number of aliphatic hydroxyl groups excluding tert-OH is 2. The summed E-state index contributed by atoms with van der Waals surface area (Å²) in [6, 6.07) is 16.6. The first-order chi connectivity index (χ1) is 14.3. The summed E-state index contributed by atoms with van der Waals surface area (Å²) in [6.07, 6.45) is 4.94. The Hall–Kier alpha value is -2.70. The van der Waals surface area contributed by atoms with Crippen LogP contribution in [0.3, 0.4) is 0 Å². The highest BCUT2D eigenvalue weighted by molar-refractivity contribution is 5.87. The second-order valence-corrected chi connectivity index (χ2v) is 6.79. The third kappa shape index (κ3) is 14.3. The fourth-order valence-corrected chi connectivity index (χ4v) is 2.39. The maximum absolute atomic E-state index is 10.2. The van der Waals surface area contributed by atoms with Crippen LogP contribution >= 0.6 is 0 Å². The molecule has 2 aromatic carbocycles. The molecule has 0 saturated heterocycles. The van der Waals surface area contributed by atoms with E-state index >= 15 is 0 Å². The lowest BCUT2D eigenvalue weighted by Gasteiger charge is -2.13. The molecule has 0 bridgehead atoms. The number of hydrogen-bond donors (Lipinski definition) is 4. The summed E-state index contributed by atoms with van der Waals surface area (Å²) < 4.78 is 0. The maximum atomic E-state index is 10.2. The molecule has 0 aromatic heterocycles. The Labute approximate surface area is 178 Å². The van der Waals surface area contributed by atoms with Crippen LogP contribution in [0.25, 0.3) is 0 Å². The van der Waals surface area contributed by atoms with Gasteiger partial charge in [0.25, 0.3) is 0 Å². The van der Waals surface area contributed by atoms with Crippen molar-refractivity contribution in [1.82, 2.24) is 0 Å². The van der Waals surface area contributed by atoms with Crippen molar-refractivity contribution in [2.24, 2.45) is 0 Å². The van der Waals surface area contributed by atoms with Gasteiger partial charge in [-0.15, -0.1) is 0 Å². The third-order valence-corrected chi connectivity index (χ3v) is 4.20. The van der Waals surface area contributed by atoms with Crippen molar-refractivity contribution < 1.29 is 30.0 Å². The molecule has 2 atom stereocenters. The van der Waals surface area contributed by atoms with Gasteiger partial charge in [0.1, 0.15) is 0 Å². The Kier molecular flexibility index (Phi) is 15.6. The molecule has 0 heterocycles. The van der Waals surface area contributed by atoms with Crippen molar-refractivity contribution in [1.29, 1.82) is 0 Å². The molecule has 0 aliphatic heterocycles. The van der Waals surface area contributed by atoms with E-state index in [-0.39, 0.29) is 12.2 Å². The molecular weight excluding hydrogens is 384 g/mol. The lowest BCUT2D eigenvalue weighted by Crippen LogP contribution is -2.16. The molecule has 0 aliphatic rings. The number of aliphatic hydroxyl groups is 2. The summed E-state index contributed by atoms with van der Waals surface area (Å²) in [5, 5.41) is 35.4. The Bertz CT molecular complexity index is 638. The van der Waals surface area contributed by atoms with Gasteiger partial charge in [0.05, 0.1) is 23.3 Å². The summed E-state index contributed by atoms with van der Waals surface area (Å²) in [4.78, 5) is 20.4. The molecule has 2 unspecified atom stereocenters. The van der Waals surface area contributed by atoms with Crippen LogP contribution in [0.1, 0.15) is 73.1 Å². The average Bonchev–Trinajstić information content (AvgIpc) is 2.76. The number of carboxylic acid groups (broad SMARTS) is 2. The van der Waals surface area contributed by atoms with E-state index in [1.165, 1.54) is 12.8 Å². The van der Waals surface area contributed by atoms with Crippen LogP contribution in [0.4, 0.5) is 0 Å². The van der Waals surface area contributed by atoms with E-state index in [9.17, 15) is 19.8 Å². The van der Waals surface area contributed by atoms with E-state index < -0.39 is 11.9 Å². The normalized spacial score (nSPS) is 11.7. The van der Waals surface area contributed by atoms with Crippen molar-refractivity contribution in [3.63, 3.8) is 0 Å². The number of hydrogen-bond acceptors (Lipinski definition) is 4. The summed E-state index contributed by atoms with van der Waals surface area (Å²) in [5.74, 6) is -1.76. The van der Waals surface area contributed by atoms with Crippen molar-refractivity contribution in [2.45, 2.75) is 64.6 Å². The fraction of sp³-hybridized carbons (Fsp3) is 0.417. The standard InChI is InChI=1S/C10H22O2.2C7H6O2/c1-3-5-6-7-10(12)8-9(11)4-2;2*8-7(9)6-4-2-1-3-5-6/h9-12H,3-8H2,1-2H3;2*1-5H,(H,8,9). The molecular formula is C24H34O6. The van der Waals surface area contributed by atoms with E-state index in [1.807, 2.05) is 6.92 Å². The Balaban J connectivity index is 0.000000426. The van der Waals surface area contributed by atoms with Crippen LogP contribution in [-0.4, -0.2) is 44.6 Å². The van der Waals surface area contributed by atoms with Crippen LogP contribution in [-0.2, 0) is 0 Å².